The van der Waals surface area contributed by atoms with Crippen molar-refractivity contribution in [2.45, 2.75) is 18.9 Å². The monoisotopic (exact) mass is 349 g/mol. The Hall–Kier alpha value is -1.60. The van der Waals surface area contributed by atoms with Gasteiger partial charge in [0, 0.05) is 49.7 Å². The van der Waals surface area contributed by atoms with Gasteiger partial charge in [-0.15, -0.1) is 0 Å². The molecule has 6 nitrogen and oxygen atoms in total. The van der Waals surface area contributed by atoms with E-state index >= 15 is 0 Å². The van der Waals surface area contributed by atoms with Crippen LogP contribution < -0.4 is 14.8 Å². The molecule has 3 aliphatic heterocycles. The molecule has 3 heterocycles. The van der Waals surface area contributed by atoms with E-state index in [-0.39, 0.29) is 12.8 Å². The summed E-state index contributed by atoms with van der Waals surface area (Å²) in [6, 6.07) is 6.18. The Bertz CT molecular complexity index is 607. The highest BCUT2D eigenvalue weighted by molar-refractivity contribution is 7.99. The SMILES string of the molecule is O=C(Nc1ccc2c(c1)OCO2)N1CCCN(C2CCSC2)CC1. The summed E-state index contributed by atoms with van der Waals surface area (Å²) in [5.41, 5.74) is 0.748. The maximum absolute atomic E-state index is 12.6. The molecule has 1 aromatic carbocycles. The van der Waals surface area contributed by atoms with Gasteiger partial charge in [0.05, 0.1) is 0 Å². The Morgan fingerprint density at radius 1 is 1.17 bits per heavy atom. The summed E-state index contributed by atoms with van der Waals surface area (Å²) in [5.74, 6) is 3.93. The van der Waals surface area contributed by atoms with Gasteiger partial charge in [-0.25, -0.2) is 4.79 Å². The molecule has 0 aliphatic carbocycles. The van der Waals surface area contributed by atoms with Crippen molar-refractivity contribution in [1.29, 1.82) is 0 Å². The van der Waals surface area contributed by atoms with Crippen molar-refractivity contribution in [3.8, 4) is 11.5 Å². The van der Waals surface area contributed by atoms with Crippen molar-refractivity contribution in [1.82, 2.24) is 9.80 Å². The highest BCUT2D eigenvalue weighted by Gasteiger charge is 2.26. The summed E-state index contributed by atoms with van der Waals surface area (Å²) < 4.78 is 10.7. The van der Waals surface area contributed by atoms with Gasteiger partial charge in [0.2, 0.25) is 6.79 Å². The van der Waals surface area contributed by atoms with Crippen LogP contribution in [0.2, 0.25) is 0 Å². The summed E-state index contributed by atoms with van der Waals surface area (Å²) in [6.45, 7) is 3.91. The number of amides is 2. The van der Waals surface area contributed by atoms with E-state index in [0.717, 1.165) is 44.0 Å². The predicted molar refractivity (Wildman–Crippen MR) is 95.1 cm³/mol. The molecule has 7 heteroatoms. The molecule has 0 radical (unpaired) electrons. The number of thioether (sulfide) groups is 1. The van der Waals surface area contributed by atoms with E-state index in [4.69, 9.17) is 9.47 Å². The Labute approximate surface area is 146 Å². The van der Waals surface area contributed by atoms with Crippen molar-refractivity contribution < 1.29 is 14.3 Å². The number of carbonyl (C=O) groups excluding carboxylic acids is 1. The first kappa shape index (κ1) is 15.9. The zero-order valence-corrected chi connectivity index (χ0v) is 14.5. The quantitative estimate of drug-likeness (QED) is 0.889. The lowest BCUT2D eigenvalue weighted by molar-refractivity contribution is 0.174. The van der Waals surface area contributed by atoms with E-state index < -0.39 is 0 Å². The zero-order valence-electron chi connectivity index (χ0n) is 13.7. The number of ether oxygens (including phenoxy) is 2. The van der Waals surface area contributed by atoms with Crippen molar-refractivity contribution in [3.05, 3.63) is 18.2 Å². The number of hydrogen-bond acceptors (Lipinski definition) is 5. The molecule has 3 aliphatic rings. The molecule has 1 unspecified atom stereocenters. The number of urea groups is 1. The lowest BCUT2D eigenvalue weighted by Crippen LogP contribution is -2.40. The summed E-state index contributed by atoms with van der Waals surface area (Å²) in [6.07, 6.45) is 2.32. The second-order valence-corrected chi connectivity index (χ2v) is 7.54. The lowest BCUT2D eigenvalue weighted by atomic mass is 10.2. The maximum Gasteiger partial charge on any atom is 0.321 e. The molecular weight excluding hydrogens is 326 g/mol. The van der Waals surface area contributed by atoms with Gasteiger partial charge in [-0.1, -0.05) is 0 Å². The van der Waals surface area contributed by atoms with Crippen LogP contribution >= 0.6 is 11.8 Å². The first-order valence-corrected chi connectivity index (χ1v) is 9.72. The molecule has 0 saturated carbocycles. The van der Waals surface area contributed by atoms with E-state index in [1.807, 2.05) is 34.9 Å². The molecule has 1 aromatic rings. The Morgan fingerprint density at radius 2 is 2.08 bits per heavy atom. The van der Waals surface area contributed by atoms with Crippen molar-refractivity contribution in [2.24, 2.45) is 0 Å². The second-order valence-electron chi connectivity index (χ2n) is 6.39. The number of fused-ring (bicyclic) bond motifs is 1. The van der Waals surface area contributed by atoms with Gasteiger partial charge in [0.15, 0.2) is 11.5 Å². The van der Waals surface area contributed by atoms with Crippen molar-refractivity contribution in [2.75, 3.05) is 49.8 Å². The number of carbonyl (C=O) groups is 1. The third kappa shape index (κ3) is 3.42. The Morgan fingerprint density at radius 3 is 2.96 bits per heavy atom. The average Bonchev–Trinajstić information content (AvgIpc) is 3.22. The number of hydrogen-bond donors (Lipinski definition) is 1. The van der Waals surface area contributed by atoms with E-state index in [2.05, 4.69) is 10.2 Å². The van der Waals surface area contributed by atoms with Crippen LogP contribution in [0, 0.1) is 0 Å². The van der Waals surface area contributed by atoms with E-state index in [1.54, 1.807) is 0 Å². The molecule has 1 atom stereocenters. The van der Waals surface area contributed by atoms with Crippen molar-refractivity contribution in [3.63, 3.8) is 0 Å². The molecular formula is C17H23N3O3S. The fourth-order valence-corrected chi connectivity index (χ4v) is 4.75. The van der Waals surface area contributed by atoms with Gasteiger partial charge in [-0.2, -0.15) is 11.8 Å². The van der Waals surface area contributed by atoms with E-state index in [1.165, 1.54) is 17.9 Å². The molecule has 2 fully saturated rings. The summed E-state index contributed by atoms with van der Waals surface area (Å²) in [4.78, 5) is 17.1. The highest BCUT2D eigenvalue weighted by atomic mass is 32.2. The van der Waals surface area contributed by atoms with Crippen LogP contribution in [0.15, 0.2) is 18.2 Å². The molecule has 0 spiro atoms. The largest absolute Gasteiger partial charge is 0.454 e. The molecule has 1 N–H and O–H groups in total. The van der Waals surface area contributed by atoms with Gasteiger partial charge in [-0.3, -0.25) is 4.90 Å². The van der Waals surface area contributed by atoms with Crippen LogP contribution in [0.4, 0.5) is 10.5 Å². The van der Waals surface area contributed by atoms with Gasteiger partial charge in [-0.05, 0) is 30.7 Å². The summed E-state index contributed by atoms with van der Waals surface area (Å²) in [7, 11) is 0. The number of benzene rings is 1. The van der Waals surface area contributed by atoms with Gasteiger partial charge in [0.1, 0.15) is 0 Å². The second kappa shape index (κ2) is 7.11. The summed E-state index contributed by atoms with van der Waals surface area (Å²) >= 11 is 2.04. The number of nitrogens with one attached hydrogen (secondary N) is 1. The first-order valence-electron chi connectivity index (χ1n) is 8.57. The molecule has 2 amide bonds. The van der Waals surface area contributed by atoms with E-state index in [9.17, 15) is 4.79 Å². The molecule has 130 valence electrons. The van der Waals surface area contributed by atoms with Gasteiger partial charge in [0.25, 0.3) is 0 Å². The minimum atomic E-state index is -0.0310. The fraction of sp³-hybridized carbons (Fsp3) is 0.588. The third-order valence-corrected chi connectivity index (χ3v) is 6.01. The standard InChI is InChI=1S/C17H23N3O3S/c21-17(18-13-2-3-15-16(10-13)23-12-22-15)20-6-1-5-19(7-8-20)14-4-9-24-11-14/h2-3,10,14H,1,4-9,11-12H2,(H,18,21). The van der Waals surface area contributed by atoms with E-state index in [0.29, 0.717) is 11.8 Å². The Kier molecular flexibility index (Phi) is 4.71. The van der Waals surface area contributed by atoms with Crippen LogP contribution in [-0.4, -0.2) is 66.4 Å². The third-order valence-electron chi connectivity index (χ3n) is 4.86. The molecule has 0 bridgehead atoms. The molecule has 2 saturated heterocycles. The highest BCUT2D eigenvalue weighted by Crippen LogP contribution is 2.34. The molecule has 4 rings (SSSR count). The lowest BCUT2D eigenvalue weighted by Gasteiger charge is -2.26. The molecule has 0 aromatic heterocycles. The zero-order chi connectivity index (χ0) is 16.4. The predicted octanol–water partition coefficient (Wildman–Crippen LogP) is 2.46. The smallest absolute Gasteiger partial charge is 0.321 e. The van der Waals surface area contributed by atoms with Crippen LogP contribution in [0.1, 0.15) is 12.8 Å². The summed E-state index contributed by atoms with van der Waals surface area (Å²) in [5, 5.41) is 2.98. The number of rotatable bonds is 2. The van der Waals surface area contributed by atoms with Crippen LogP contribution in [-0.2, 0) is 0 Å². The Balaban J connectivity index is 1.34. The topological polar surface area (TPSA) is 54.0 Å². The number of anilines is 1. The van der Waals surface area contributed by atoms with Gasteiger partial charge >= 0.3 is 6.03 Å². The average molecular weight is 349 g/mol. The molecule has 24 heavy (non-hydrogen) atoms. The van der Waals surface area contributed by atoms with Crippen molar-refractivity contribution >= 4 is 23.5 Å². The normalized spacial score (nSPS) is 24.0. The number of nitrogens with zero attached hydrogens (tertiary/aromatic N) is 2. The minimum Gasteiger partial charge on any atom is -0.454 e. The minimum absolute atomic E-state index is 0.0310. The maximum atomic E-state index is 12.6. The van der Waals surface area contributed by atoms with Crippen LogP contribution in [0.3, 0.4) is 0 Å². The van der Waals surface area contributed by atoms with Crippen LogP contribution in [0.5, 0.6) is 11.5 Å². The fourth-order valence-electron chi connectivity index (χ4n) is 3.49. The van der Waals surface area contributed by atoms with Gasteiger partial charge < -0.3 is 19.7 Å². The first-order chi connectivity index (χ1) is 11.8. The van der Waals surface area contributed by atoms with Crippen LogP contribution in [0.25, 0.3) is 0 Å².